The number of hydrogen-bond donors (Lipinski definition) is 1. The van der Waals surface area contributed by atoms with Gasteiger partial charge in [0.2, 0.25) is 0 Å². The second-order valence-corrected chi connectivity index (χ2v) is 5.83. The maximum absolute atomic E-state index is 11.3. The number of nitrogens with zero attached hydrogens (tertiary/aromatic N) is 1. The van der Waals surface area contributed by atoms with Crippen molar-refractivity contribution >= 4 is 16.5 Å². The van der Waals surface area contributed by atoms with Gasteiger partial charge in [-0.2, -0.15) is 0 Å². The molecule has 1 aromatic rings. The summed E-state index contributed by atoms with van der Waals surface area (Å²) in [5, 5.41) is 13.9. The van der Waals surface area contributed by atoms with Gasteiger partial charge in [0.15, 0.2) is 0 Å². The summed E-state index contributed by atoms with van der Waals surface area (Å²) < 4.78 is 11.3. The minimum absolute atomic E-state index is 0.0127. The summed E-state index contributed by atoms with van der Waals surface area (Å²) in [5.41, 5.74) is 0.963. The van der Waals surface area contributed by atoms with Crippen molar-refractivity contribution in [3.05, 3.63) is 39.9 Å². The standard InChI is InChI=1S/C12H18N2O3S/c1-3-18(17)8-7-13-10(2)11-5-4-6-12(9-11)14(15)16/h4-6,9-10,13H,3,7-8H2,1-2H3. The molecule has 0 aliphatic rings. The molecule has 100 valence electrons. The van der Waals surface area contributed by atoms with E-state index in [1.165, 1.54) is 6.07 Å². The summed E-state index contributed by atoms with van der Waals surface area (Å²) in [6.07, 6.45) is 0. The topological polar surface area (TPSA) is 72.2 Å². The van der Waals surface area contributed by atoms with Gasteiger partial charge in [-0.05, 0) is 12.5 Å². The highest BCUT2D eigenvalue weighted by Gasteiger charge is 2.10. The molecule has 0 bridgehead atoms. The minimum Gasteiger partial charge on any atom is -0.309 e. The van der Waals surface area contributed by atoms with Crippen molar-refractivity contribution in [3.63, 3.8) is 0 Å². The van der Waals surface area contributed by atoms with Crippen LogP contribution in [0, 0.1) is 10.1 Å². The SMILES string of the molecule is CCS(=O)CCNC(C)c1cccc([N+](=O)[O-])c1. The third-order valence-corrected chi connectivity index (χ3v) is 3.99. The van der Waals surface area contributed by atoms with E-state index in [2.05, 4.69) is 5.32 Å². The lowest BCUT2D eigenvalue weighted by Crippen LogP contribution is -2.24. The lowest BCUT2D eigenvalue weighted by molar-refractivity contribution is -0.384. The maximum Gasteiger partial charge on any atom is 0.269 e. The number of benzene rings is 1. The van der Waals surface area contributed by atoms with Crippen LogP contribution in [0.3, 0.4) is 0 Å². The lowest BCUT2D eigenvalue weighted by Gasteiger charge is -2.13. The van der Waals surface area contributed by atoms with Crippen molar-refractivity contribution in [1.29, 1.82) is 0 Å². The van der Waals surface area contributed by atoms with Gasteiger partial charge in [0.05, 0.1) is 4.92 Å². The Kier molecular flexibility index (Phi) is 5.94. The molecule has 1 N–H and O–H groups in total. The van der Waals surface area contributed by atoms with E-state index in [0.29, 0.717) is 18.1 Å². The van der Waals surface area contributed by atoms with Gasteiger partial charge in [-0.3, -0.25) is 14.3 Å². The Morgan fingerprint density at radius 2 is 2.22 bits per heavy atom. The van der Waals surface area contributed by atoms with Gasteiger partial charge in [-0.1, -0.05) is 19.1 Å². The van der Waals surface area contributed by atoms with Crippen LogP contribution in [0.2, 0.25) is 0 Å². The van der Waals surface area contributed by atoms with E-state index in [0.717, 1.165) is 5.56 Å². The first-order valence-electron chi connectivity index (χ1n) is 5.87. The molecule has 0 aliphatic carbocycles. The Hall–Kier alpha value is -1.27. The molecule has 0 aliphatic heterocycles. The van der Waals surface area contributed by atoms with E-state index in [-0.39, 0.29) is 11.7 Å². The Morgan fingerprint density at radius 3 is 2.83 bits per heavy atom. The summed E-state index contributed by atoms with van der Waals surface area (Å²) in [5.74, 6) is 1.27. The summed E-state index contributed by atoms with van der Waals surface area (Å²) in [6, 6.07) is 6.58. The van der Waals surface area contributed by atoms with Gasteiger partial charge in [-0.25, -0.2) is 0 Å². The lowest BCUT2D eigenvalue weighted by atomic mass is 10.1. The molecule has 2 atom stereocenters. The molecule has 0 spiro atoms. The average molecular weight is 270 g/mol. The molecule has 0 saturated heterocycles. The van der Waals surface area contributed by atoms with Crippen molar-refractivity contribution in [3.8, 4) is 0 Å². The Morgan fingerprint density at radius 1 is 1.50 bits per heavy atom. The Balaban J connectivity index is 2.56. The van der Waals surface area contributed by atoms with Crippen LogP contribution in [0.5, 0.6) is 0 Å². The molecule has 0 heterocycles. The summed E-state index contributed by atoms with van der Waals surface area (Å²) >= 11 is 0. The highest BCUT2D eigenvalue weighted by atomic mass is 32.2. The second-order valence-electron chi connectivity index (χ2n) is 3.96. The van der Waals surface area contributed by atoms with Crippen molar-refractivity contribution in [1.82, 2.24) is 5.32 Å². The number of nitrogens with one attached hydrogen (secondary N) is 1. The molecule has 18 heavy (non-hydrogen) atoms. The van der Waals surface area contributed by atoms with Gasteiger partial charge in [0.25, 0.3) is 5.69 Å². The van der Waals surface area contributed by atoms with Gasteiger partial charge in [0, 0.05) is 47.0 Å². The van der Waals surface area contributed by atoms with E-state index >= 15 is 0 Å². The number of hydrogen-bond acceptors (Lipinski definition) is 4. The second kappa shape index (κ2) is 7.23. The van der Waals surface area contributed by atoms with E-state index in [9.17, 15) is 14.3 Å². The van der Waals surface area contributed by atoms with Crippen LogP contribution >= 0.6 is 0 Å². The van der Waals surface area contributed by atoms with Crippen LogP contribution in [0.4, 0.5) is 5.69 Å². The van der Waals surface area contributed by atoms with Crippen molar-refractivity contribution in [2.45, 2.75) is 19.9 Å². The largest absolute Gasteiger partial charge is 0.309 e. The highest BCUT2D eigenvalue weighted by Crippen LogP contribution is 2.18. The van der Waals surface area contributed by atoms with Crippen LogP contribution in [0.15, 0.2) is 24.3 Å². The zero-order valence-electron chi connectivity index (χ0n) is 10.6. The molecule has 6 heteroatoms. The van der Waals surface area contributed by atoms with Crippen molar-refractivity contribution in [2.24, 2.45) is 0 Å². The molecule has 1 rings (SSSR count). The van der Waals surface area contributed by atoms with Crippen molar-refractivity contribution < 1.29 is 9.13 Å². The first kappa shape index (κ1) is 14.8. The highest BCUT2D eigenvalue weighted by molar-refractivity contribution is 7.84. The maximum atomic E-state index is 11.3. The molecule has 2 unspecified atom stereocenters. The monoisotopic (exact) mass is 270 g/mol. The summed E-state index contributed by atoms with van der Waals surface area (Å²) in [7, 11) is -0.782. The predicted molar refractivity (Wildman–Crippen MR) is 73.1 cm³/mol. The smallest absolute Gasteiger partial charge is 0.269 e. The van der Waals surface area contributed by atoms with Crippen LogP contribution in [-0.2, 0) is 10.8 Å². The van der Waals surface area contributed by atoms with Gasteiger partial charge < -0.3 is 5.32 Å². The first-order chi connectivity index (χ1) is 8.54. The molecule has 0 aromatic heterocycles. The van der Waals surface area contributed by atoms with E-state index in [1.54, 1.807) is 12.1 Å². The Labute approximate surface area is 109 Å². The van der Waals surface area contributed by atoms with E-state index < -0.39 is 15.7 Å². The van der Waals surface area contributed by atoms with E-state index in [1.807, 2.05) is 19.9 Å². The van der Waals surface area contributed by atoms with Crippen LogP contribution < -0.4 is 5.32 Å². The number of non-ortho nitro benzene ring substituents is 1. The van der Waals surface area contributed by atoms with Gasteiger partial charge in [0.1, 0.15) is 0 Å². The summed E-state index contributed by atoms with van der Waals surface area (Å²) in [4.78, 5) is 10.3. The van der Waals surface area contributed by atoms with Crippen LogP contribution in [-0.4, -0.2) is 27.2 Å². The quantitative estimate of drug-likeness (QED) is 0.607. The normalized spacial score (nSPS) is 14.1. The third kappa shape index (κ3) is 4.54. The third-order valence-electron chi connectivity index (χ3n) is 2.68. The zero-order valence-corrected chi connectivity index (χ0v) is 11.4. The van der Waals surface area contributed by atoms with Crippen LogP contribution in [0.1, 0.15) is 25.5 Å². The van der Waals surface area contributed by atoms with Gasteiger partial charge in [-0.15, -0.1) is 0 Å². The predicted octanol–water partition coefficient (Wildman–Crippen LogP) is 2.01. The molecule has 1 aromatic carbocycles. The molecule has 0 fully saturated rings. The van der Waals surface area contributed by atoms with Gasteiger partial charge >= 0.3 is 0 Å². The van der Waals surface area contributed by atoms with Crippen molar-refractivity contribution in [2.75, 3.05) is 18.1 Å². The fourth-order valence-electron chi connectivity index (χ4n) is 1.56. The Bertz CT molecular complexity index is 437. The average Bonchev–Trinajstić information content (AvgIpc) is 2.38. The molecule has 0 radical (unpaired) electrons. The molecule has 5 nitrogen and oxygen atoms in total. The number of rotatable bonds is 7. The van der Waals surface area contributed by atoms with E-state index in [4.69, 9.17) is 0 Å². The fourth-order valence-corrected chi connectivity index (χ4v) is 2.19. The van der Waals surface area contributed by atoms with Crippen LogP contribution in [0.25, 0.3) is 0 Å². The minimum atomic E-state index is -0.782. The molecule has 0 amide bonds. The molecular formula is C12H18N2O3S. The zero-order chi connectivity index (χ0) is 13.5. The summed E-state index contributed by atoms with van der Waals surface area (Å²) in [6.45, 7) is 4.47. The molecular weight excluding hydrogens is 252 g/mol. The number of nitro benzene ring substituents is 1. The number of nitro groups is 1. The molecule has 0 saturated carbocycles. The fraction of sp³-hybridized carbons (Fsp3) is 0.500. The first-order valence-corrected chi connectivity index (χ1v) is 7.36.